The van der Waals surface area contributed by atoms with Gasteiger partial charge in [-0.25, -0.2) is 9.48 Å². The Bertz CT molecular complexity index is 344. The Labute approximate surface area is 82.1 Å². The van der Waals surface area contributed by atoms with E-state index in [0.29, 0.717) is 5.92 Å². The zero-order valence-corrected chi connectivity index (χ0v) is 8.30. The van der Waals surface area contributed by atoms with Gasteiger partial charge in [-0.3, -0.25) is 0 Å². The molecule has 0 saturated heterocycles. The number of hydrogen-bond donors (Lipinski definition) is 0. The summed E-state index contributed by atoms with van der Waals surface area (Å²) in [7, 11) is 1.37. The molecule has 0 spiro atoms. The van der Waals surface area contributed by atoms with Crippen LogP contribution in [0.25, 0.3) is 0 Å². The van der Waals surface area contributed by atoms with E-state index in [0.717, 1.165) is 5.69 Å². The Morgan fingerprint density at radius 2 is 2.43 bits per heavy atom. The molecule has 5 nitrogen and oxygen atoms in total. The quantitative estimate of drug-likeness (QED) is 0.672. The minimum Gasteiger partial charge on any atom is -0.467 e. The second kappa shape index (κ2) is 3.40. The van der Waals surface area contributed by atoms with Crippen molar-refractivity contribution in [2.75, 3.05) is 7.11 Å². The molecule has 1 heterocycles. The third-order valence-corrected chi connectivity index (χ3v) is 2.46. The van der Waals surface area contributed by atoms with Crippen LogP contribution in [0.5, 0.6) is 0 Å². The van der Waals surface area contributed by atoms with Crippen molar-refractivity contribution in [2.24, 2.45) is 0 Å². The lowest BCUT2D eigenvalue weighted by Gasteiger charge is -2.07. The largest absolute Gasteiger partial charge is 0.467 e. The second-order valence-electron chi connectivity index (χ2n) is 3.60. The summed E-state index contributed by atoms with van der Waals surface area (Å²) in [6.45, 7) is 1.75. The van der Waals surface area contributed by atoms with Crippen LogP contribution in [-0.4, -0.2) is 28.1 Å². The van der Waals surface area contributed by atoms with Crippen molar-refractivity contribution in [1.29, 1.82) is 0 Å². The van der Waals surface area contributed by atoms with Gasteiger partial charge in [0, 0.05) is 12.1 Å². The summed E-state index contributed by atoms with van der Waals surface area (Å²) in [5, 5.41) is 7.93. The Morgan fingerprint density at radius 1 is 1.71 bits per heavy atom. The first-order valence-corrected chi connectivity index (χ1v) is 4.72. The van der Waals surface area contributed by atoms with Gasteiger partial charge in [-0.2, -0.15) is 0 Å². The van der Waals surface area contributed by atoms with Gasteiger partial charge in [-0.15, -0.1) is 5.10 Å². The van der Waals surface area contributed by atoms with Gasteiger partial charge >= 0.3 is 5.97 Å². The van der Waals surface area contributed by atoms with E-state index in [1.807, 2.05) is 6.20 Å². The van der Waals surface area contributed by atoms with Crippen LogP contribution in [0.15, 0.2) is 6.20 Å². The second-order valence-corrected chi connectivity index (χ2v) is 3.60. The smallest absolute Gasteiger partial charge is 0.330 e. The van der Waals surface area contributed by atoms with Gasteiger partial charge in [0.15, 0.2) is 0 Å². The normalized spacial score (nSPS) is 17.9. The summed E-state index contributed by atoms with van der Waals surface area (Å²) >= 11 is 0. The number of rotatable bonds is 3. The van der Waals surface area contributed by atoms with E-state index in [4.69, 9.17) is 0 Å². The fourth-order valence-electron chi connectivity index (χ4n) is 1.32. The minimum atomic E-state index is -0.389. The maximum Gasteiger partial charge on any atom is 0.330 e. The molecule has 0 aromatic carbocycles. The van der Waals surface area contributed by atoms with Crippen LogP contribution in [-0.2, 0) is 9.53 Å². The number of hydrogen-bond acceptors (Lipinski definition) is 4. The standard InChI is InChI=1S/C9H13N3O2/c1-6(9(13)14-2)12-5-8(10-11-12)7-3-4-7/h5-7H,3-4H2,1-2H3/t6-/m1/s1. The lowest BCUT2D eigenvalue weighted by atomic mass is 10.3. The number of carbonyl (C=O) groups excluding carboxylic acids is 1. The molecule has 14 heavy (non-hydrogen) atoms. The number of methoxy groups -OCH3 is 1. The molecule has 5 heteroatoms. The molecule has 0 aliphatic heterocycles. The van der Waals surface area contributed by atoms with Crippen molar-refractivity contribution < 1.29 is 9.53 Å². The van der Waals surface area contributed by atoms with Crippen molar-refractivity contribution in [3.8, 4) is 0 Å². The highest BCUT2D eigenvalue weighted by Crippen LogP contribution is 2.38. The highest BCUT2D eigenvalue weighted by molar-refractivity contribution is 5.73. The van der Waals surface area contributed by atoms with E-state index < -0.39 is 0 Å². The van der Waals surface area contributed by atoms with E-state index in [9.17, 15) is 4.79 Å². The van der Waals surface area contributed by atoms with Crippen molar-refractivity contribution in [3.63, 3.8) is 0 Å². The zero-order valence-electron chi connectivity index (χ0n) is 8.30. The summed E-state index contributed by atoms with van der Waals surface area (Å²) in [6.07, 6.45) is 4.20. The van der Waals surface area contributed by atoms with E-state index in [-0.39, 0.29) is 12.0 Å². The predicted octanol–water partition coefficient (Wildman–Crippen LogP) is 0.889. The number of ether oxygens (including phenoxy) is 1. The van der Waals surface area contributed by atoms with E-state index in [2.05, 4.69) is 15.0 Å². The fraction of sp³-hybridized carbons (Fsp3) is 0.667. The van der Waals surface area contributed by atoms with Crippen molar-refractivity contribution in [1.82, 2.24) is 15.0 Å². The molecule has 0 unspecified atom stereocenters. The van der Waals surface area contributed by atoms with Crippen LogP contribution in [0.4, 0.5) is 0 Å². The van der Waals surface area contributed by atoms with Crippen molar-refractivity contribution in [3.05, 3.63) is 11.9 Å². The lowest BCUT2D eigenvalue weighted by molar-refractivity contribution is -0.144. The summed E-state index contributed by atoms with van der Waals surface area (Å²) < 4.78 is 6.18. The third kappa shape index (κ3) is 1.62. The Balaban J connectivity index is 2.11. The van der Waals surface area contributed by atoms with Crippen LogP contribution >= 0.6 is 0 Å². The highest BCUT2D eigenvalue weighted by Gasteiger charge is 2.27. The zero-order chi connectivity index (χ0) is 10.1. The van der Waals surface area contributed by atoms with Gasteiger partial charge in [0.2, 0.25) is 0 Å². The van der Waals surface area contributed by atoms with Crippen LogP contribution in [0.3, 0.4) is 0 Å². The first-order chi connectivity index (χ1) is 6.72. The average Bonchev–Trinajstić information content (AvgIpc) is 2.94. The Hall–Kier alpha value is -1.39. The maximum absolute atomic E-state index is 11.2. The molecule has 0 N–H and O–H groups in total. The highest BCUT2D eigenvalue weighted by atomic mass is 16.5. The average molecular weight is 195 g/mol. The molecular formula is C9H13N3O2. The summed E-state index contributed by atoms with van der Waals surface area (Å²) in [5.41, 5.74) is 0.987. The molecule has 1 aliphatic carbocycles. The molecule has 1 saturated carbocycles. The van der Waals surface area contributed by atoms with Gasteiger partial charge in [-0.05, 0) is 19.8 Å². The summed E-state index contributed by atoms with van der Waals surface area (Å²) in [6, 6.07) is -0.389. The van der Waals surface area contributed by atoms with Gasteiger partial charge in [0.1, 0.15) is 6.04 Å². The molecule has 1 aromatic heterocycles. The Morgan fingerprint density at radius 3 is 3.00 bits per heavy atom. The molecule has 1 aromatic rings. The monoisotopic (exact) mass is 195 g/mol. The maximum atomic E-state index is 11.2. The number of carbonyl (C=O) groups is 1. The molecular weight excluding hydrogens is 182 g/mol. The van der Waals surface area contributed by atoms with Crippen LogP contribution in [0, 0.1) is 0 Å². The fourth-order valence-corrected chi connectivity index (χ4v) is 1.32. The number of nitrogens with zero attached hydrogens (tertiary/aromatic N) is 3. The SMILES string of the molecule is COC(=O)[C@@H](C)n1cc(C2CC2)nn1. The lowest BCUT2D eigenvalue weighted by Crippen LogP contribution is -2.18. The summed E-state index contributed by atoms with van der Waals surface area (Å²) in [4.78, 5) is 11.2. The van der Waals surface area contributed by atoms with Crippen molar-refractivity contribution >= 4 is 5.97 Å². The Kier molecular flexibility index (Phi) is 2.23. The van der Waals surface area contributed by atoms with E-state index >= 15 is 0 Å². The van der Waals surface area contributed by atoms with E-state index in [1.165, 1.54) is 20.0 Å². The van der Waals surface area contributed by atoms with Gasteiger partial charge in [0.05, 0.1) is 12.8 Å². The van der Waals surface area contributed by atoms with Crippen molar-refractivity contribution in [2.45, 2.75) is 31.7 Å². The molecule has 2 rings (SSSR count). The first-order valence-electron chi connectivity index (χ1n) is 4.72. The third-order valence-electron chi connectivity index (χ3n) is 2.46. The van der Waals surface area contributed by atoms with Crippen LogP contribution in [0.2, 0.25) is 0 Å². The number of esters is 1. The predicted molar refractivity (Wildman–Crippen MR) is 48.7 cm³/mol. The van der Waals surface area contributed by atoms with Gasteiger partial charge in [-0.1, -0.05) is 5.21 Å². The topological polar surface area (TPSA) is 57.0 Å². The molecule has 0 amide bonds. The molecule has 1 aliphatic rings. The first kappa shape index (κ1) is 9.18. The molecule has 76 valence electrons. The molecule has 1 fully saturated rings. The molecule has 1 atom stereocenters. The van der Waals surface area contributed by atoms with Crippen LogP contribution in [0.1, 0.15) is 37.4 Å². The molecule has 0 bridgehead atoms. The van der Waals surface area contributed by atoms with Gasteiger partial charge < -0.3 is 4.74 Å². The minimum absolute atomic E-state index is 0.294. The summed E-state index contributed by atoms with van der Waals surface area (Å²) in [5.74, 6) is 0.269. The van der Waals surface area contributed by atoms with Crippen LogP contribution < -0.4 is 0 Å². The number of aromatic nitrogens is 3. The van der Waals surface area contributed by atoms with E-state index in [1.54, 1.807) is 11.6 Å². The molecule has 0 radical (unpaired) electrons. The van der Waals surface area contributed by atoms with Gasteiger partial charge in [0.25, 0.3) is 0 Å².